The number of hydrogen-bond donors (Lipinski definition) is 0. The average Bonchev–Trinajstić information content (AvgIpc) is 3.02. The van der Waals surface area contributed by atoms with Crippen LogP contribution >= 0.6 is 11.6 Å². The minimum atomic E-state index is -1.91. The van der Waals surface area contributed by atoms with Gasteiger partial charge >= 0.3 is 0 Å². The van der Waals surface area contributed by atoms with Crippen LogP contribution in [0.2, 0.25) is 23.4 Å². The Morgan fingerprint density at radius 1 is 1.12 bits per heavy atom. The van der Waals surface area contributed by atoms with E-state index in [1.165, 1.54) is 7.11 Å². The van der Waals surface area contributed by atoms with Gasteiger partial charge in [-0.25, -0.2) is 13.8 Å². The number of fused-ring (bicyclic) bond motifs is 2. The summed E-state index contributed by atoms with van der Waals surface area (Å²) in [6, 6.07) is 2.77. The molecule has 3 heterocycles. The Hall–Kier alpha value is -2.30. The molecule has 0 N–H and O–H groups in total. The lowest BCUT2D eigenvalue weighted by molar-refractivity contribution is 0.270. The molecule has 0 saturated carbocycles. The molecule has 0 saturated heterocycles. The zero-order valence-electron chi connectivity index (χ0n) is 20.4. The van der Waals surface area contributed by atoms with Crippen molar-refractivity contribution in [3.63, 3.8) is 0 Å². The average molecular weight is 510 g/mol. The second kappa shape index (κ2) is 9.05. The normalized spacial score (nSPS) is 14.9. The molecule has 7 nitrogen and oxygen atoms in total. The third-order valence-corrected chi connectivity index (χ3v) is 11.4. The van der Waals surface area contributed by atoms with E-state index in [2.05, 4.69) is 43.8 Å². The van der Waals surface area contributed by atoms with Gasteiger partial charge in [0.1, 0.15) is 11.3 Å². The van der Waals surface area contributed by atoms with Crippen molar-refractivity contribution in [2.75, 3.05) is 18.6 Å². The maximum Gasteiger partial charge on any atom is 0.225 e. The third-order valence-electron chi connectivity index (χ3n) is 6.74. The zero-order chi connectivity index (χ0) is 24.8. The summed E-state index contributed by atoms with van der Waals surface area (Å²) in [4.78, 5) is 10.3. The minimum Gasteiger partial charge on any atom is -0.493 e. The first kappa shape index (κ1) is 24.8. The Kier molecular flexibility index (Phi) is 6.60. The largest absolute Gasteiger partial charge is 0.493 e. The van der Waals surface area contributed by atoms with Gasteiger partial charge in [-0.15, -0.1) is 0 Å². The van der Waals surface area contributed by atoms with E-state index in [-0.39, 0.29) is 27.0 Å². The summed E-state index contributed by atoms with van der Waals surface area (Å²) in [6.45, 7) is 13.2. The van der Waals surface area contributed by atoms with Gasteiger partial charge in [-0.3, -0.25) is 4.68 Å². The first-order chi connectivity index (χ1) is 15.9. The summed E-state index contributed by atoms with van der Waals surface area (Å²) in [5.41, 5.74) is 1.75. The second-order valence-electron chi connectivity index (χ2n) is 10.1. The number of hydrogen-bond acceptors (Lipinski definition) is 6. The number of aromatic nitrogens is 4. The number of nitrogens with zero attached hydrogens (tertiary/aromatic N) is 5. The highest BCUT2D eigenvalue weighted by Gasteiger charge is 2.37. The molecule has 34 heavy (non-hydrogen) atoms. The van der Waals surface area contributed by atoms with Crippen molar-refractivity contribution in [1.82, 2.24) is 19.7 Å². The first-order valence-corrected chi connectivity index (χ1v) is 14.5. The first-order valence-electron chi connectivity index (χ1n) is 11.2. The Morgan fingerprint density at radius 3 is 2.53 bits per heavy atom. The van der Waals surface area contributed by atoms with Crippen LogP contribution in [0.3, 0.4) is 0 Å². The molecule has 0 bridgehead atoms. The maximum atomic E-state index is 14.6. The second-order valence-corrected chi connectivity index (χ2v) is 15.2. The summed E-state index contributed by atoms with van der Waals surface area (Å²) in [5, 5.41) is 4.91. The van der Waals surface area contributed by atoms with E-state index in [0.717, 1.165) is 23.9 Å². The van der Waals surface area contributed by atoms with Gasteiger partial charge in [0.25, 0.3) is 0 Å². The van der Waals surface area contributed by atoms with Crippen molar-refractivity contribution in [2.45, 2.75) is 65.0 Å². The van der Waals surface area contributed by atoms with E-state index in [0.29, 0.717) is 32.1 Å². The molecule has 0 aliphatic carbocycles. The quantitative estimate of drug-likeness (QED) is 0.325. The van der Waals surface area contributed by atoms with E-state index in [4.69, 9.17) is 25.9 Å². The number of halogens is 3. The van der Waals surface area contributed by atoms with Crippen LogP contribution < -0.4 is 9.64 Å². The van der Waals surface area contributed by atoms with Gasteiger partial charge in [0.2, 0.25) is 5.28 Å². The van der Waals surface area contributed by atoms with Crippen molar-refractivity contribution < 1.29 is 17.9 Å². The van der Waals surface area contributed by atoms with Crippen molar-refractivity contribution in [2.24, 2.45) is 0 Å². The van der Waals surface area contributed by atoms with E-state index < -0.39 is 20.0 Å². The molecule has 0 unspecified atom stereocenters. The molecule has 2 aromatic heterocycles. The number of aryl methyl sites for hydroxylation is 1. The van der Waals surface area contributed by atoms with E-state index in [1.54, 1.807) is 0 Å². The molecule has 0 spiro atoms. The van der Waals surface area contributed by atoms with Gasteiger partial charge in [0.15, 0.2) is 25.7 Å². The highest BCUT2D eigenvalue weighted by atomic mass is 35.5. The third kappa shape index (κ3) is 4.63. The van der Waals surface area contributed by atoms with E-state index >= 15 is 0 Å². The Morgan fingerprint density at radius 2 is 1.85 bits per heavy atom. The SMILES string of the molecule is COc1c(F)cc(F)c2nc(Cl)nc(N3CCCn4nc(CO[Si](C)(C)C(C)(C)C)cc4C3)c12. The van der Waals surface area contributed by atoms with E-state index in [9.17, 15) is 8.78 Å². The fourth-order valence-corrected chi connectivity index (χ4v) is 4.95. The van der Waals surface area contributed by atoms with Crippen LogP contribution in [-0.2, 0) is 24.1 Å². The van der Waals surface area contributed by atoms with Gasteiger partial charge in [0.05, 0.1) is 37.0 Å². The van der Waals surface area contributed by atoms with E-state index in [1.807, 2.05) is 15.6 Å². The van der Waals surface area contributed by atoms with Gasteiger partial charge in [-0.2, -0.15) is 10.1 Å². The molecular weight excluding hydrogens is 480 g/mol. The van der Waals surface area contributed by atoms with Gasteiger partial charge < -0.3 is 14.1 Å². The summed E-state index contributed by atoms with van der Waals surface area (Å²) in [6.07, 6.45) is 0.764. The Balaban J connectivity index is 1.68. The molecule has 3 aromatic rings. The van der Waals surface area contributed by atoms with Crippen molar-refractivity contribution in [1.29, 1.82) is 0 Å². The fourth-order valence-electron chi connectivity index (χ4n) is 3.84. The van der Waals surface area contributed by atoms with Gasteiger partial charge in [-0.1, -0.05) is 20.8 Å². The van der Waals surface area contributed by atoms with Crippen molar-refractivity contribution in [3.8, 4) is 5.75 Å². The molecule has 1 aromatic carbocycles. The highest BCUT2D eigenvalue weighted by Crippen LogP contribution is 2.39. The number of methoxy groups -OCH3 is 1. The van der Waals surface area contributed by atoms with Crippen LogP contribution in [0.25, 0.3) is 10.9 Å². The van der Waals surface area contributed by atoms with Crippen LogP contribution in [0.4, 0.5) is 14.6 Å². The molecular formula is C23H30ClF2N5O2Si. The number of rotatable bonds is 5. The Bertz CT molecular complexity index is 1230. The highest BCUT2D eigenvalue weighted by molar-refractivity contribution is 6.74. The maximum absolute atomic E-state index is 14.6. The molecule has 0 amide bonds. The minimum absolute atomic E-state index is 0.0746. The smallest absolute Gasteiger partial charge is 0.225 e. The monoisotopic (exact) mass is 509 g/mol. The van der Waals surface area contributed by atoms with Crippen LogP contribution in [0, 0.1) is 11.6 Å². The van der Waals surface area contributed by atoms with Crippen LogP contribution in [0.15, 0.2) is 12.1 Å². The standard InChI is InChI=1S/C23H30ClF2N5O2Si/c1-23(2,3)34(5,6)33-13-14-10-15-12-30(8-7-9-31(15)29-14)21-18-19(27-22(24)28-21)16(25)11-17(26)20(18)32-4/h10-11H,7-9,12-13H2,1-6H3. The summed E-state index contributed by atoms with van der Waals surface area (Å²) in [7, 11) is -0.577. The summed E-state index contributed by atoms with van der Waals surface area (Å²) in [5.74, 6) is -1.41. The predicted molar refractivity (Wildman–Crippen MR) is 131 cm³/mol. The lowest BCUT2D eigenvalue weighted by Gasteiger charge is -2.35. The topological polar surface area (TPSA) is 65.3 Å². The van der Waals surface area contributed by atoms with Crippen LogP contribution in [0.5, 0.6) is 5.75 Å². The molecule has 0 atom stereocenters. The molecule has 0 radical (unpaired) electrons. The molecule has 1 aliphatic rings. The van der Waals surface area contributed by atoms with Crippen molar-refractivity contribution >= 4 is 36.6 Å². The molecule has 0 fully saturated rings. The number of ether oxygens (including phenoxy) is 1. The number of anilines is 1. The Labute approximate surface area is 204 Å². The molecule has 11 heteroatoms. The van der Waals surface area contributed by atoms with Crippen LogP contribution in [0.1, 0.15) is 38.6 Å². The summed E-state index contributed by atoms with van der Waals surface area (Å²) < 4.78 is 42.7. The molecule has 4 rings (SSSR count). The zero-order valence-corrected chi connectivity index (χ0v) is 22.1. The lowest BCUT2D eigenvalue weighted by atomic mass is 10.1. The van der Waals surface area contributed by atoms with Crippen LogP contribution in [-0.4, -0.2) is 41.7 Å². The van der Waals surface area contributed by atoms with Gasteiger partial charge in [0, 0.05) is 19.2 Å². The lowest BCUT2D eigenvalue weighted by Crippen LogP contribution is -2.40. The predicted octanol–water partition coefficient (Wildman–Crippen LogP) is 5.70. The van der Waals surface area contributed by atoms with Crippen molar-refractivity contribution in [3.05, 3.63) is 40.4 Å². The number of benzene rings is 1. The fraction of sp³-hybridized carbons (Fsp3) is 0.522. The summed E-state index contributed by atoms with van der Waals surface area (Å²) >= 11 is 6.14. The molecule has 184 valence electrons. The van der Waals surface area contributed by atoms with Gasteiger partial charge in [-0.05, 0) is 42.2 Å². The molecule has 1 aliphatic heterocycles.